The third-order valence-corrected chi connectivity index (χ3v) is 5.51. The van der Waals surface area contributed by atoms with Gasteiger partial charge in [-0.2, -0.15) is 0 Å². The van der Waals surface area contributed by atoms with Crippen LogP contribution in [0.3, 0.4) is 0 Å². The van der Waals surface area contributed by atoms with E-state index in [-0.39, 0.29) is 0 Å². The number of benzene rings is 2. The summed E-state index contributed by atoms with van der Waals surface area (Å²) in [5.74, 6) is 13.3. The van der Waals surface area contributed by atoms with Crippen LogP contribution in [-0.4, -0.2) is 24.7 Å². The Kier molecular flexibility index (Phi) is 7.53. The second-order valence-electron chi connectivity index (χ2n) is 6.14. The summed E-state index contributed by atoms with van der Waals surface area (Å²) in [4.78, 5) is 13.4. The van der Waals surface area contributed by atoms with Gasteiger partial charge in [-0.05, 0) is 55.2 Å². The van der Waals surface area contributed by atoms with Gasteiger partial charge in [0.2, 0.25) is 0 Å². The van der Waals surface area contributed by atoms with Crippen molar-refractivity contribution < 1.29 is 9.53 Å². The Balaban J connectivity index is 2.31. The van der Waals surface area contributed by atoms with Gasteiger partial charge in [0.1, 0.15) is 5.75 Å². The van der Waals surface area contributed by atoms with Crippen molar-refractivity contribution in [2.24, 2.45) is 11.7 Å². The Morgan fingerprint density at radius 2 is 1.93 bits per heavy atom. The predicted molar refractivity (Wildman–Crippen MR) is 112 cm³/mol. The van der Waals surface area contributed by atoms with Crippen molar-refractivity contribution in [1.82, 2.24) is 5.01 Å². The average molecular weight is 389 g/mol. The molecule has 0 aromatic heterocycles. The molecule has 146 valence electrons. The number of methoxy groups -OCH3 is 1. The SMILES string of the molecule is CCc1ccc(OC)c(SCc2c(C)cccc2N(N)C(=O)N(N)CC)c1. The summed E-state index contributed by atoms with van der Waals surface area (Å²) in [7, 11) is 1.67. The molecular weight excluding hydrogens is 360 g/mol. The molecule has 0 radical (unpaired) electrons. The van der Waals surface area contributed by atoms with Crippen molar-refractivity contribution in [3.63, 3.8) is 0 Å². The highest BCUT2D eigenvalue weighted by atomic mass is 32.2. The topological polar surface area (TPSA) is 84.8 Å². The van der Waals surface area contributed by atoms with Crippen molar-refractivity contribution >= 4 is 23.5 Å². The van der Waals surface area contributed by atoms with Gasteiger partial charge in [-0.25, -0.2) is 21.5 Å². The minimum atomic E-state index is -0.445. The lowest BCUT2D eigenvalue weighted by atomic mass is 10.1. The van der Waals surface area contributed by atoms with E-state index >= 15 is 0 Å². The number of aryl methyl sites for hydroxylation is 2. The molecule has 6 nitrogen and oxygen atoms in total. The van der Waals surface area contributed by atoms with E-state index in [9.17, 15) is 4.79 Å². The molecule has 0 saturated heterocycles. The quantitative estimate of drug-likeness (QED) is 0.326. The van der Waals surface area contributed by atoms with Crippen molar-refractivity contribution in [2.45, 2.75) is 37.8 Å². The van der Waals surface area contributed by atoms with Crippen LogP contribution < -0.4 is 21.4 Å². The van der Waals surface area contributed by atoms with Gasteiger partial charge in [0.25, 0.3) is 0 Å². The fourth-order valence-electron chi connectivity index (χ4n) is 2.68. The number of nitrogens with zero attached hydrogens (tertiary/aromatic N) is 2. The maximum atomic E-state index is 12.4. The summed E-state index contributed by atoms with van der Waals surface area (Å²) in [6, 6.07) is 11.5. The number of thioether (sulfide) groups is 1. The summed E-state index contributed by atoms with van der Waals surface area (Å²) in [5, 5.41) is 2.21. The number of urea groups is 1. The van der Waals surface area contributed by atoms with E-state index in [0.717, 1.165) is 38.2 Å². The van der Waals surface area contributed by atoms with Crippen LogP contribution in [0.4, 0.5) is 10.5 Å². The Morgan fingerprint density at radius 1 is 1.19 bits per heavy atom. The zero-order valence-corrected chi connectivity index (χ0v) is 17.2. The predicted octanol–water partition coefficient (Wildman–Crippen LogP) is 3.85. The van der Waals surface area contributed by atoms with Crippen LogP contribution in [0, 0.1) is 6.92 Å². The number of hydrogen-bond donors (Lipinski definition) is 2. The second-order valence-corrected chi connectivity index (χ2v) is 7.16. The summed E-state index contributed by atoms with van der Waals surface area (Å²) in [6.07, 6.45) is 0.960. The lowest BCUT2D eigenvalue weighted by Crippen LogP contribution is -2.50. The van der Waals surface area contributed by atoms with Crippen LogP contribution >= 0.6 is 11.8 Å². The molecule has 2 amide bonds. The van der Waals surface area contributed by atoms with Crippen LogP contribution in [0.1, 0.15) is 30.5 Å². The van der Waals surface area contributed by atoms with Crippen LogP contribution in [-0.2, 0) is 12.2 Å². The van der Waals surface area contributed by atoms with E-state index in [2.05, 4.69) is 19.1 Å². The molecule has 0 bridgehead atoms. The van der Waals surface area contributed by atoms with Crippen molar-refractivity contribution in [3.8, 4) is 5.75 Å². The van der Waals surface area contributed by atoms with Gasteiger partial charge in [0, 0.05) is 17.2 Å². The molecule has 0 unspecified atom stereocenters. The van der Waals surface area contributed by atoms with Gasteiger partial charge in [-0.3, -0.25) is 5.01 Å². The van der Waals surface area contributed by atoms with Gasteiger partial charge in [-0.15, -0.1) is 11.8 Å². The first-order valence-corrected chi connectivity index (χ1v) is 9.90. The molecule has 0 fully saturated rings. The summed E-state index contributed by atoms with van der Waals surface area (Å²) >= 11 is 1.66. The molecule has 0 heterocycles. The summed E-state index contributed by atoms with van der Waals surface area (Å²) < 4.78 is 5.49. The minimum absolute atomic E-state index is 0.378. The molecule has 2 rings (SSSR count). The third-order valence-electron chi connectivity index (χ3n) is 4.45. The molecule has 0 atom stereocenters. The smallest absolute Gasteiger partial charge is 0.353 e. The second kappa shape index (κ2) is 9.64. The van der Waals surface area contributed by atoms with Gasteiger partial charge < -0.3 is 4.74 Å². The normalized spacial score (nSPS) is 10.6. The van der Waals surface area contributed by atoms with Gasteiger partial charge in [0.05, 0.1) is 12.8 Å². The van der Waals surface area contributed by atoms with E-state index in [1.165, 1.54) is 5.56 Å². The number of hydrogen-bond acceptors (Lipinski definition) is 5. The van der Waals surface area contributed by atoms with E-state index in [1.807, 2.05) is 31.2 Å². The monoisotopic (exact) mass is 388 g/mol. The third kappa shape index (κ3) is 4.94. The van der Waals surface area contributed by atoms with Gasteiger partial charge in [0.15, 0.2) is 0 Å². The van der Waals surface area contributed by atoms with E-state index < -0.39 is 6.03 Å². The largest absolute Gasteiger partial charge is 0.496 e. The molecular formula is C20H28N4O2S. The molecule has 2 aromatic carbocycles. The minimum Gasteiger partial charge on any atom is -0.496 e. The molecule has 0 aliphatic rings. The highest BCUT2D eigenvalue weighted by Crippen LogP contribution is 2.35. The average Bonchev–Trinajstić information content (AvgIpc) is 2.70. The fourth-order valence-corrected chi connectivity index (χ4v) is 3.88. The maximum absolute atomic E-state index is 12.4. The Bertz CT molecular complexity index is 798. The molecule has 0 spiro atoms. The Hall–Kier alpha value is -2.22. The number of carbonyl (C=O) groups is 1. The highest BCUT2D eigenvalue weighted by molar-refractivity contribution is 7.98. The number of rotatable bonds is 7. The van der Waals surface area contributed by atoms with E-state index in [1.54, 1.807) is 25.8 Å². The first-order chi connectivity index (χ1) is 12.9. The lowest BCUT2D eigenvalue weighted by Gasteiger charge is -2.25. The molecule has 27 heavy (non-hydrogen) atoms. The van der Waals surface area contributed by atoms with Gasteiger partial charge in [-0.1, -0.05) is 25.1 Å². The Morgan fingerprint density at radius 3 is 2.56 bits per heavy atom. The summed E-state index contributed by atoms with van der Waals surface area (Å²) in [5.41, 5.74) is 3.96. The maximum Gasteiger partial charge on any atom is 0.353 e. The van der Waals surface area contributed by atoms with Crippen LogP contribution in [0.5, 0.6) is 5.75 Å². The number of carbonyl (C=O) groups excluding carboxylic acids is 1. The van der Waals surface area contributed by atoms with E-state index in [0.29, 0.717) is 18.0 Å². The van der Waals surface area contributed by atoms with Crippen LogP contribution in [0.15, 0.2) is 41.3 Å². The lowest BCUT2D eigenvalue weighted by molar-refractivity contribution is 0.208. The zero-order valence-electron chi connectivity index (χ0n) is 16.4. The first kappa shape index (κ1) is 21.1. The molecule has 0 saturated carbocycles. The summed E-state index contributed by atoms with van der Waals surface area (Å²) in [6.45, 7) is 6.31. The standard InChI is InChI=1S/C20H28N4O2S/c1-5-15-10-11-18(26-4)19(12-15)27-13-16-14(3)8-7-9-17(16)24(22)20(25)23(21)6-2/h7-12H,5-6,13,21-22H2,1-4H3. The highest BCUT2D eigenvalue weighted by Gasteiger charge is 2.20. The molecule has 7 heteroatoms. The number of amides is 2. The molecule has 0 aliphatic heterocycles. The van der Waals surface area contributed by atoms with Gasteiger partial charge >= 0.3 is 6.03 Å². The first-order valence-electron chi connectivity index (χ1n) is 8.92. The van der Waals surface area contributed by atoms with Crippen LogP contribution in [0.25, 0.3) is 0 Å². The Labute approximate surface area is 165 Å². The van der Waals surface area contributed by atoms with Crippen molar-refractivity contribution in [3.05, 3.63) is 53.1 Å². The van der Waals surface area contributed by atoms with Crippen molar-refractivity contribution in [1.29, 1.82) is 0 Å². The number of hydrazine groups is 2. The van der Waals surface area contributed by atoms with E-state index in [4.69, 9.17) is 16.4 Å². The molecule has 2 aromatic rings. The zero-order chi connectivity index (χ0) is 20.0. The molecule has 0 aliphatic carbocycles. The number of ether oxygens (including phenoxy) is 1. The molecule has 4 N–H and O–H groups in total. The number of nitrogens with two attached hydrogens (primary N) is 2. The van der Waals surface area contributed by atoms with Crippen LogP contribution in [0.2, 0.25) is 0 Å². The number of anilines is 1. The van der Waals surface area contributed by atoms with Crippen molar-refractivity contribution in [2.75, 3.05) is 18.7 Å². The fraction of sp³-hybridized carbons (Fsp3) is 0.350.